The molecule has 1 heterocycles. The Balaban J connectivity index is 1.98. The Kier molecular flexibility index (Phi) is 3.69. The topological polar surface area (TPSA) is 79.3 Å². The molecule has 0 bridgehead atoms. The van der Waals surface area contributed by atoms with E-state index in [-0.39, 0.29) is 11.5 Å². The van der Waals surface area contributed by atoms with E-state index in [0.717, 1.165) is 4.88 Å². The number of hydrogen-bond donors (Lipinski definition) is 2. The third-order valence-electron chi connectivity index (χ3n) is 2.30. The van der Waals surface area contributed by atoms with E-state index < -0.39 is 5.97 Å². The minimum Gasteiger partial charge on any atom is -0.478 e. The van der Waals surface area contributed by atoms with E-state index in [0.29, 0.717) is 12.1 Å². The van der Waals surface area contributed by atoms with Gasteiger partial charge in [-0.1, -0.05) is 0 Å². The SMILES string of the molecule is O=C(O)c1ccc(C(=O)NCc2cncs2)cc1. The van der Waals surface area contributed by atoms with Crippen LogP contribution in [-0.4, -0.2) is 22.0 Å². The van der Waals surface area contributed by atoms with E-state index in [4.69, 9.17) is 5.11 Å². The zero-order chi connectivity index (χ0) is 13.0. The molecule has 1 amide bonds. The summed E-state index contributed by atoms with van der Waals surface area (Å²) in [6.45, 7) is 0.421. The van der Waals surface area contributed by atoms with Crippen LogP contribution in [0.15, 0.2) is 36.0 Å². The van der Waals surface area contributed by atoms with Crippen molar-refractivity contribution >= 4 is 23.2 Å². The smallest absolute Gasteiger partial charge is 0.335 e. The van der Waals surface area contributed by atoms with Crippen molar-refractivity contribution < 1.29 is 14.7 Å². The zero-order valence-corrected chi connectivity index (χ0v) is 10.1. The van der Waals surface area contributed by atoms with Gasteiger partial charge in [0, 0.05) is 16.6 Å². The number of thiazole rings is 1. The molecule has 2 rings (SSSR count). The standard InChI is InChI=1S/C12H10N2O3S/c15-11(14-6-10-5-13-7-18-10)8-1-3-9(4-2-8)12(16)17/h1-5,7H,6H2,(H,14,15)(H,16,17). The molecular weight excluding hydrogens is 252 g/mol. The lowest BCUT2D eigenvalue weighted by atomic mass is 10.1. The average molecular weight is 262 g/mol. The first-order chi connectivity index (χ1) is 8.66. The fourth-order valence-corrected chi connectivity index (χ4v) is 1.90. The fraction of sp³-hybridized carbons (Fsp3) is 0.0833. The predicted octanol–water partition coefficient (Wildman–Crippen LogP) is 1.77. The Morgan fingerprint density at radius 3 is 2.44 bits per heavy atom. The third-order valence-corrected chi connectivity index (χ3v) is 3.08. The van der Waals surface area contributed by atoms with Gasteiger partial charge in [0.1, 0.15) is 0 Å². The summed E-state index contributed by atoms with van der Waals surface area (Å²) in [7, 11) is 0. The molecule has 0 spiro atoms. The molecule has 18 heavy (non-hydrogen) atoms. The molecule has 2 N–H and O–H groups in total. The molecule has 0 aliphatic heterocycles. The highest BCUT2D eigenvalue weighted by Crippen LogP contribution is 2.07. The van der Waals surface area contributed by atoms with Crippen LogP contribution in [0, 0.1) is 0 Å². The normalized spacial score (nSPS) is 10.0. The second-order valence-electron chi connectivity index (χ2n) is 3.53. The van der Waals surface area contributed by atoms with Crippen molar-refractivity contribution in [2.75, 3.05) is 0 Å². The Hall–Kier alpha value is -2.21. The van der Waals surface area contributed by atoms with Crippen LogP contribution in [-0.2, 0) is 6.54 Å². The van der Waals surface area contributed by atoms with Crippen molar-refractivity contribution in [3.63, 3.8) is 0 Å². The molecule has 0 fully saturated rings. The van der Waals surface area contributed by atoms with Crippen LogP contribution in [0.3, 0.4) is 0 Å². The van der Waals surface area contributed by atoms with E-state index in [1.807, 2.05) is 0 Å². The van der Waals surface area contributed by atoms with Crippen LogP contribution in [0.4, 0.5) is 0 Å². The first-order valence-corrected chi connectivity index (χ1v) is 6.03. The summed E-state index contributed by atoms with van der Waals surface area (Å²) in [6, 6.07) is 5.80. The summed E-state index contributed by atoms with van der Waals surface area (Å²) in [4.78, 5) is 27.3. The second-order valence-corrected chi connectivity index (χ2v) is 4.50. The van der Waals surface area contributed by atoms with Crippen LogP contribution >= 0.6 is 11.3 Å². The first-order valence-electron chi connectivity index (χ1n) is 5.16. The molecule has 1 aromatic carbocycles. The first kappa shape index (κ1) is 12.3. The Morgan fingerprint density at radius 1 is 1.22 bits per heavy atom. The molecule has 92 valence electrons. The lowest BCUT2D eigenvalue weighted by Gasteiger charge is -2.03. The summed E-state index contributed by atoms with van der Waals surface area (Å²) < 4.78 is 0. The highest BCUT2D eigenvalue weighted by molar-refractivity contribution is 7.09. The maximum absolute atomic E-state index is 11.7. The van der Waals surface area contributed by atoms with Gasteiger partial charge < -0.3 is 10.4 Å². The Bertz CT molecular complexity index is 549. The molecule has 0 radical (unpaired) electrons. The zero-order valence-electron chi connectivity index (χ0n) is 9.29. The van der Waals surface area contributed by atoms with Gasteiger partial charge in [-0.2, -0.15) is 0 Å². The quantitative estimate of drug-likeness (QED) is 0.880. The van der Waals surface area contributed by atoms with Gasteiger partial charge in [-0.15, -0.1) is 11.3 Å². The molecule has 0 unspecified atom stereocenters. The second kappa shape index (κ2) is 5.42. The molecule has 0 saturated heterocycles. The molecule has 1 aromatic heterocycles. The van der Waals surface area contributed by atoms with Gasteiger partial charge >= 0.3 is 5.97 Å². The maximum Gasteiger partial charge on any atom is 0.335 e. The van der Waals surface area contributed by atoms with Gasteiger partial charge in [0.05, 0.1) is 17.6 Å². The highest BCUT2D eigenvalue weighted by atomic mass is 32.1. The third kappa shape index (κ3) is 2.92. The predicted molar refractivity (Wildman–Crippen MR) is 66.7 cm³/mol. The minimum absolute atomic E-state index is 0.161. The number of carbonyl (C=O) groups is 2. The summed E-state index contributed by atoms with van der Waals surface area (Å²) in [5.74, 6) is -1.24. The lowest BCUT2D eigenvalue weighted by Crippen LogP contribution is -2.22. The fourth-order valence-electron chi connectivity index (χ4n) is 1.36. The average Bonchev–Trinajstić information content (AvgIpc) is 2.89. The number of carbonyl (C=O) groups excluding carboxylic acids is 1. The summed E-state index contributed by atoms with van der Waals surface area (Å²) >= 11 is 1.46. The lowest BCUT2D eigenvalue weighted by molar-refractivity contribution is 0.0696. The van der Waals surface area contributed by atoms with E-state index in [9.17, 15) is 9.59 Å². The number of carboxylic acids is 1. The number of nitrogens with one attached hydrogen (secondary N) is 1. The number of hydrogen-bond acceptors (Lipinski definition) is 4. The van der Waals surface area contributed by atoms with E-state index >= 15 is 0 Å². The van der Waals surface area contributed by atoms with Crippen LogP contribution in [0.25, 0.3) is 0 Å². The largest absolute Gasteiger partial charge is 0.478 e. The van der Waals surface area contributed by atoms with Gasteiger partial charge in [-0.3, -0.25) is 9.78 Å². The molecular formula is C12H10N2O3S. The van der Waals surface area contributed by atoms with Gasteiger partial charge in [-0.05, 0) is 24.3 Å². The van der Waals surface area contributed by atoms with Crippen LogP contribution in [0.1, 0.15) is 25.6 Å². The molecule has 2 aromatic rings. The van der Waals surface area contributed by atoms with Crippen molar-refractivity contribution in [3.05, 3.63) is 52.0 Å². The monoisotopic (exact) mass is 262 g/mol. The number of carboxylic acid groups (broad SMARTS) is 1. The van der Waals surface area contributed by atoms with E-state index in [2.05, 4.69) is 10.3 Å². The number of benzene rings is 1. The number of aromatic nitrogens is 1. The molecule has 0 aliphatic rings. The van der Waals surface area contributed by atoms with Crippen molar-refractivity contribution in [3.8, 4) is 0 Å². The Labute approximate surface area is 107 Å². The van der Waals surface area contributed by atoms with Gasteiger partial charge in [0.25, 0.3) is 5.91 Å². The molecule has 0 saturated carbocycles. The highest BCUT2D eigenvalue weighted by Gasteiger charge is 2.07. The van der Waals surface area contributed by atoms with Gasteiger partial charge in [-0.25, -0.2) is 4.79 Å². The van der Waals surface area contributed by atoms with Crippen molar-refractivity contribution in [1.82, 2.24) is 10.3 Å². The van der Waals surface area contributed by atoms with Gasteiger partial charge in [0.2, 0.25) is 0 Å². The van der Waals surface area contributed by atoms with Crippen LogP contribution in [0.5, 0.6) is 0 Å². The van der Waals surface area contributed by atoms with Crippen molar-refractivity contribution in [1.29, 1.82) is 0 Å². The summed E-state index contributed by atoms with van der Waals surface area (Å²) in [5, 5.41) is 11.5. The number of aromatic carboxylic acids is 1. The molecule has 0 atom stereocenters. The Morgan fingerprint density at radius 2 is 1.89 bits per heavy atom. The van der Waals surface area contributed by atoms with E-state index in [1.165, 1.54) is 35.6 Å². The number of nitrogens with zero attached hydrogens (tertiary/aromatic N) is 1. The van der Waals surface area contributed by atoms with E-state index in [1.54, 1.807) is 11.7 Å². The molecule has 0 aliphatic carbocycles. The number of amides is 1. The summed E-state index contributed by atoms with van der Waals surface area (Å²) in [6.07, 6.45) is 1.69. The number of rotatable bonds is 4. The van der Waals surface area contributed by atoms with Crippen molar-refractivity contribution in [2.24, 2.45) is 0 Å². The minimum atomic E-state index is -1.01. The van der Waals surface area contributed by atoms with Crippen LogP contribution < -0.4 is 5.32 Å². The summed E-state index contributed by atoms with van der Waals surface area (Å²) in [5.41, 5.74) is 2.29. The molecule has 6 heteroatoms. The van der Waals surface area contributed by atoms with Gasteiger partial charge in [0.15, 0.2) is 0 Å². The maximum atomic E-state index is 11.7. The van der Waals surface area contributed by atoms with Crippen LogP contribution in [0.2, 0.25) is 0 Å². The van der Waals surface area contributed by atoms with Crippen molar-refractivity contribution in [2.45, 2.75) is 6.54 Å². The molecule has 5 nitrogen and oxygen atoms in total.